The van der Waals surface area contributed by atoms with E-state index in [-0.39, 0.29) is 24.8 Å². The Hall–Kier alpha value is -2.17. The van der Waals surface area contributed by atoms with Gasteiger partial charge in [-0.1, -0.05) is 60.7 Å². The number of carbonyl (C=O) groups excluding carboxylic acids is 1. The third-order valence-electron chi connectivity index (χ3n) is 5.08. The molecule has 1 unspecified atom stereocenters. The number of nitrogens with zero attached hydrogens (tertiary/aromatic N) is 1. The van der Waals surface area contributed by atoms with Gasteiger partial charge in [-0.05, 0) is 43.9 Å². The molecule has 0 aromatic heterocycles. The largest absolute Gasteiger partial charge is 0.461 e. The molecule has 0 spiro atoms. The quantitative estimate of drug-likeness (QED) is 0.661. The maximum absolute atomic E-state index is 12.2. The van der Waals surface area contributed by atoms with Gasteiger partial charge in [0.25, 0.3) is 0 Å². The molecule has 2 aromatic carbocycles. The molecule has 4 nitrogen and oxygen atoms in total. The van der Waals surface area contributed by atoms with Crippen LogP contribution in [0.5, 0.6) is 0 Å². The number of esters is 1. The van der Waals surface area contributed by atoms with Crippen molar-refractivity contribution in [2.24, 2.45) is 0 Å². The number of benzene rings is 2. The van der Waals surface area contributed by atoms with E-state index in [4.69, 9.17) is 9.47 Å². The molecular formula is C23H29NO3. The van der Waals surface area contributed by atoms with E-state index in [1.54, 1.807) is 0 Å². The minimum absolute atomic E-state index is 0.000684. The highest BCUT2D eigenvalue weighted by Crippen LogP contribution is 2.23. The van der Waals surface area contributed by atoms with Crippen LogP contribution in [0.1, 0.15) is 36.5 Å². The van der Waals surface area contributed by atoms with E-state index in [0.717, 1.165) is 44.3 Å². The van der Waals surface area contributed by atoms with Crippen molar-refractivity contribution in [3.63, 3.8) is 0 Å². The molecule has 1 aliphatic heterocycles. The van der Waals surface area contributed by atoms with Crippen LogP contribution in [-0.2, 0) is 20.7 Å². The smallest absolute Gasteiger partial charge is 0.332 e. The normalized spacial score (nSPS) is 16.8. The van der Waals surface area contributed by atoms with Crippen LogP contribution in [0.3, 0.4) is 0 Å². The summed E-state index contributed by atoms with van der Waals surface area (Å²) in [4.78, 5) is 14.5. The van der Waals surface area contributed by atoms with Crippen LogP contribution >= 0.6 is 0 Å². The van der Waals surface area contributed by atoms with Crippen molar-refractivity contribution < 1.29 is 14.3 Å². The van der Waals surface area contributed by atoms with Gasteiger partial charge in [0.2, 0.25) is 0 Å². The number of hydrogen-bond acceptors (Lipinski definition) is 4. The van der Waals surface area contributed by atoms with Crippen LogP contribution in [0.25, 0.3) is 0 Å². The van der Waals surface area contributed by atoms with Crippen LogP contribution in [0.15, 0.2) is 60.7 Å². The molecule has 1 saturated heterocycles. The Bertz CT molecular complexity index is 681. The van der Waals surface area contributed by atoms with Crippen molar-refractivity contribution >= 4 is 5.97 Å². The van der Waals surface area contributed by atoms with Gasteiger partial charge in [0.1, 0.15) is 12.7 Å². The summed E-state index contributed by atoms with van der Waals surface area (Å²) >= 11 is 0. The highest BCUT2D eigenvalue weighted by molar-refractivity contribution is 5.71. The van der Waals surface area contributed by atoms with Gasteiger partial charge in [0.05, 0.1) is 6.10 Å². The number of ether oxygens (including phenoxy) is 2. The number of piperidine rings is 1. The summed E-state index contributed by atoms with van der Waals surface area (Å²) in [6.45, 7) is 1.95. The van der Waals surface area contributed by atoms with Crippen LogP contribution in [-0.4, -0.2) is 43.7 Å². The minimum atomic E-state index is -0.259. The van der Waals surface area contributed by atoms with Gasteiger partial charge in [0, 0.05) is 13.1 Å². The molecule has 1 atom stereocenters. The average Bonchev–Trinajstić information content (AvgIpc) is 2.71. The molecule has 0 amide bonds. The average molecular weight is 367 g/mol. The lowest BCUT2D eigenvalue weighted by atomic mass is 10.0. The lowest BCUT2D eigenvalue weighted by Gasteiger charge is -2.28. The topological polar surface area (TPSA) is 38.8 Å². The van der Waals surface area contributed by atoms with Crippen molar-refractivity contribution in [3.05, 3.63) is 71.8 Å². The Morgan fingerprint density at radius 3 is 2.33 bits per heavy atom. The number of hydrogen-bond donors (Lipinski definition) is 0. The molecule has 1 fully saturated rings. The molecule has 0 aliphatic carbocycles. The minimum Gasteiger partial charge on any atom is -0.461 e. The Morgan fingerprint density at radius 1 is 1.04 bits per heavy atom. The van der Waals surface area contributed by atoms with Crippen molar-refractivity contribution in [3.8, 4) is 0 Å². The first-order chi connectivity index (χ1) is 13.2. The molecule has 4 heteroatoms. The summed E-state index contributed by atoms with van der Waals surface area (Å²) in [6, 6.07) is 20.5. The van der Waals surface area contributed by atoms with Crippen molar-refractivity contribution in [2.45, 2.75) is 37.9 Å². The van der Waals surface area contributed by atoms with Crippen LogP contribution in [0, 0.1) is 0 Å². The molecule has 144 valence electrons. The van der Waals surface area contributed by atoms with Crippen molar-refractivity contribution in [1.82, 2.24) is 4.90 Å². The van der Waals surface area contributed by atoms with E-state index in [1.807, 2.05) is 36.4 Å². The zero-order valence-corrected chi connectivity index (χ0v) is 16.0. The van der Waals surface area contributed by atoms with Gasteiger partial charge in [0.15, 0.2) is 0 Å². The first-order valence-corrected chi connectivity index (χ1v) is 9.79. The van der Waals surface area contributed by atoms with Gasteiger partial charge in [-0.15, -0.1) is 0 Å². The van der Waals surface area contributed by atoms with E-state index in [9.17, 15) is 4.79 Å². The maximum atomic E-state index is 12.2. The van der Waals surface area contributed by atoms with Gasteiger partial charge in [-0.2, -0.15) is 0 Å². The first-order valence-electron chi connectivity index (χ1n) is 9.79. The fourth-order valence-electron chi connectivity index (χ4n) is 3.45. The number of likely N-dealkylation sites (tertiary alicyclic amines) is 1. The Labute approximate surface area is 162 Å². The van der Waals surface area contributed by atoms with Gasteiger partial charge < -0.3 is 14.4 Å². The van der Waals surface area contributed by atoms with E-state index in [2.05, 4.69) is 36.2 Å². The lowest BCUT2D eigenvalue weighted by Crippen LogP contribution is -2.36. The van der Waals surface area contributed by atoms with Gasteiger partial charge in [-0.3, -0.25) is 0 Å². The molecule has 0 bridgehead atoms. The molecule has 3 rings (SSSR count). The van der Waals surface area contributed by atoms with Crippen LogP contribution in [0.2, 0.25) is 0 Å². The second kappa shape index (κ2) is 10.2. The third kappa shape index (κ3) is 6.49. The number of aryl methyl sites for hydroxylation is 1. The summed E-state index contributed by atoms with van der Waals surface area (Å²) in [6.07, 6.45) is 3.45. The first kappa shape index (κ1) is 19.6. The Balaban J connectivity index is 1.52. The standard InChI is InChI=1S/C23H29NO3/c1-24-16-14-21(15-17-24)27-23(25)18-26-22(20-10-6-3-7-11-20)13-12-19-8-4-2-5-9-19/h2-11,21-22H,12-18H2,1H3. The zero-order chi connectivity index (χ0) is 18.9. The summed E-state index contributed by atoms with van der Waals surface area (Å²) in [5, 5.41) is 0. The van der Waals surface area contributed by atoms with Gasteiger partial charge in [-0.25, -0.2) is 4.79 Å². The van der Waals surface area contributed by atoms with Crippen molar-refractivity contribution in [1.29, 1.82) is 0 Å². The molecular weight excluding hydrogens is 338 g/mol. The monoisotopic (exact) mass is 367 g/mol. The predicted octanol–water partition coefficient (Wildman–Crippen LogP) is 4.01. The van der Waals surface area contributed by atoms with E-state index < -0.39 is 0 Å². The number of carbonyl (C=O) groups is 1. The molecule has 1 heterocycles. The molecule has 0 saturated carbocycles. The van der Waals surface area contributed by atoms with E-state index in [0.29, 0.717) is 0 Å². The summed E-state index contributed by atoms with van der Waals surface area (Å²) < 4.78 is 11.6. The Kier molecular flexibility index (Phi) is 7.43. The Morgan fingerprint density at radius 2 is 1.67 bits per heavy atom. The van der Waals surface area contributed by atoms with E-state index in [1.165, 1.54) is 5.56 Å². The SMILES string of the molecule is CN1CCC(OC(=O)COC(CCc2ccccc2)c2ccccc2)CC1. The molecule has 27 heavy (non-hydrogen) atoms. The van der Waals surface area contributed by atoms with Crippen molar-refractivity contribution in [2.75, 3.05) is 26.7 Å². The molecule has 0 radical (unpaired) electrons. The van der Waals surface area contributed by atoms with Gasteiger partial charge >= 0.3 is 5.97 Å². The summed E-state index contributed by atoms with van der Waals surface area (Å²) in [5.41, 5.74) is 2.37. The maximum Gasteiger partial charge on any atom is 0.332 e. The van der Waals surface area contributed by atoms with E-state index >= 15 is 0 Å². The molecule has 0 N–H and O–H groups in total. The van der Waals surface area contributed by atoms with Crippen LogP contribution in [0.4, 0.5) is 0 Å². The highest BCUT2D eigenvalue weighted by atomic mass is 16.6. The third-order valence-corrected chi connectivity index (χ3v) is 5.08. The second-order valence-electron chi connectivity index (χ2n) is 7.23. The molecule has 2 aromatic rings. The summed E-state index contributed by atoms with van der Waals surface area (Å²) in [5.74, 6) is -0.259. The highest BCUT2D eigenvalue weighted by Gasteiger charge is 2.21. The fourth-order valence-corrected chi connectivity index (χ4v) is 3.45. The number of rotatable bonds is 8. The van der Waals surface area contributed by atoms with Crippen LogP contribution < -0.4 is 0 Å². The second-order valence-corrected chi connectivity index (χ2v) is 7.23. The lowest BCUT2D eigenvalue weighted by molar-refractivity contribution is -0.158. The summed E-state index contributed by atoms with van der Waals surface area (Å²) in [7, 11) is 2.10. The zero-order valence-electron chi connectivity index (χ0n) is 16.0. The predicted molar refractivity (Wildman–Crippen MR) is 107 cm³/mol. The molecule has 1 aliphatic rings. The fraction of sp³-hybridized carbons (Fsp3) is 0.435.